The molecule has 4 heteroatoms. The SMILES string of the molecule is Cc1cc(OC(C)C)c(C)c(C)c1C(O)CCN1CCNCC1. The van der Waals surface area contributed by atoms with E-state index in [0.717, 1.165) is 67.1 Å². The summed E-state index contributed by atoms with van der Waals surface area (Å²) >= 11 is 0. The van der Waals surface area contributed by atoms with Crippen molar-refractivity contribution < 1.29 is 9.84 Å². The van der Waals surface area contributed by atoms with Gasteiger partial charge in [-0.15, -0.1) is 0 Å². The van der Waals surface area contributed by atoms with Crippen molar-refractivity contribution in [3.63, 3.8) is 0 Å². The van der Waals surface area contributed by atoms with Crippen molar-refractivity contribution >= 4 is 0 Å². The molecule has 1 atom stereocenters. The van der Waals surface area contributed by atoms with Crippen LogP contribution in [-0.2, 0) is 0 Å². The fourth-order valence-electron chi connectivity index (χ4n) is 3.34. The van der Waals surface area contributed by atoms with Crippen LogP contribution in [0.1, 0.15) is 48.6 Å². The number of rotatable bonds is 6. The summed E-state index contributed by atoms with van der Waals surface area (Å²) in [6, 6.07) is 2.08. The van der Waals surface area contributed by atoms with Gasteiger partial charge in [0.25, 0.3) is 0 Å². The molecular weight excluding hydrogens is 288 g/mol. The molecular formula is C19H32N2O2. The normalized spacial score (nSPS) is 17.5. The van der Waals surface area contributed by atoms with E-state index in [2.05, 4.69) is 37.1 Å². The number of aliphatic hydroxyl groups is 1. The topological polar surface area (TPSA) is 44.7 Å². The van der Waals surface area contributed by atoms with Crippen molar-refractivity contribution in [2.75, 3.05) is 32.7 Å². The number of aryl methyl sites for hydroxylation is 1. The summed E-state index contributed by atoms with van der Waals surface area (Å²) in [7, 11) is 0. The summed E-state index contributed by atoms with van der Waals surface area (Å²) in [6.07, 6.45) is 0.540. The predicted octanol–water partition coefficient (Wildman–Crippen LogP) is 2.73. The highest BCUT2D eigenvalue weighted by Gasteiger charge is 2.19. The molecule has 0 spiro atoms. The predicted molar refractivity (Wildman–Crippen MR) is 95.3 cm³/mol. The molecule has 1 aliphatic rings. The fourth-order valence-corrected chi connectivity index (χ4v) is 3.34. The molecule has 0 amide bonds. The maximum atomic E-state index is 10.7. The second-order valence-electron chi connectivity index (χ2n) is 6.92. The van der Waals surface area contributed by atoms with Crippen LogP contribution in [0, 0.1) is 20.8 Å². The molecule has 23 heavy (non-hydrogen) atoms. The van der Waals surface area contributed by atoms with Crippen LogP contribution >= 0.6 is 0 Å². The van der Waals surface area contributed by atoms with Crippen molar-refractivity contribution in [1.82, 2.24) is 10.2 Å². The molecule has 0 aliphatic carbocycles. The molecule has 1 aromatic rings. The van der Waals surface area contributed by atoms with E-state index in [-0.39, 0.29) is 6.10 Å². The van der Waals surface area contributed by atoms with Crippen molar-refractivity contribution in [2.24, 2.45) is 0 Å². The summed E-state index contributed by atoms with van der Waals surface area (Å²) in [5, 5.41) is 14.1. The lowest BCUT2D eigenvalue weighted by atomic mass is 9.92. The average molecular weight is 320 g/mol. The number of hydrogen-bond donors (Lipinski definition) is 2. The van der Waals surface area contributed by atoms with Gasteiger partial charge in [0.1, 0.15) is 5.75 Å². The lowest BCUT2D eigenvalue weighted by Gasteiger charge is -2.29. The molecule has 1 aromatic carbocycles. The molecule has 1 aliphatic heterocycles. The van der Waals surface area contributed by atoms with Gasteiger partial charge in [0.05, 0.1) is 12.2 Å². The summed E-state index contributed by atoms with van der Waals surface area (Å²) in [5.74, 6) is 0.938. The Balaban J connectivity index is 2.09. The Bertz CT molecular complexity index is 523. The molecule has 2 N–H and O–H groups in total. The Hall–Kier alpha value is -1.10. The van der Waals surface area contributed by atoms with Gasteiger partial charge in [-0.3, -0.25) is 0 Å². The van der Waals surface area contributed by atoms with E-state index in [4.69, 9.17) is 4.74 Å². The first kappa shape index (κ1) is 18.2. The Labute approximate surface area is 140 Å². The number of ether oxygens (including phenoxy) is 1. The van der Waals surface area contributed by atoms with Crippen LogP contribution < -0.4 is 10.1 Å². The van der Waals surface area contributed by atoms with E-state index in [1.165, 1.54) is 0 Å². The molecule has 1 heterocycles. The molecule has 130 valence electrons. The highest BCUT2D eigenvalue weighted by Crippen LogP contribution is 2.33. The molecule has 1 saturated heterocycles. The lowest BCUT2D eigenvalue weighted by molar-refractivity contribution is 0.135. The smallest absolute Gasteiger partial charge is 0.123 e. The molecule has 1 unspecified atom stereocenters. The highest BCUT2D eigenvalue weighted by molar-refractivity contribution is 5.49. The third-order valence-corrected chi connectivity index (χ3v) is 4.73. The largest absolute Gasteiger partial charge is 0.491 e. The van der Waals surface area contributed by atoms with Gasteiger partial charge in [-0.2, -0.15) is 0 Å². The third kappa shape index (κ3) is 4.69. The highest BCUT2D eigenvalue weighted by atomic mass is 16.5. The van der Waals surface area contributed by atoms with Gasteiger partial charge in [-0.05, 0) is 69.4 Å². The van der Waals surface area contributed by atoms with Gasteiger partial charge in [0, 0.05) is 32.7 Å². The standard InChI is InChI=1S/C19H32N2O2/c1-13(2)23-18-12-14(3)19(16(5)15(18)4)17(22)6-9-21-10-7-20-8-11-21/h12-13,17,20,22H,6-11H2,1-5H3. The van der Waals surface area contributed by atoms with Crippen molar-refractivity contribution in [3.8, 4) is 5.75 Å². The van der Waals surface area contributed by atoms with E-state index in [1.807, 2.05) is 13.8 Å². The number of piperazine rings is 1. The van der Waals surface area contributed by atoms with Crippen LogP contribution in [0.5, 0.6) is 5.75 Å². The van der Waals surface area contributed by atoms with Gasteiger partial charge in [-0.1, -0.05) is 0 Å². The van der Waals surface area contributed by atoms with E-state index >= 15 is 0 Å². The number of nitrogens with zero attached hydrogens (tertiary/aromatic N) is 1. The minimum atomic E-state index is -0.406. The summed E-state index contributed by atoms with van der Waals surface area (Å²) in [4.78, 5) is 2.42. The fraction of sp³-hybridized carbons (Fsp3) is 0.684. The summed E-state index contributed by atoms with van der Waals surface area (Å²) in [6.45, 7) is 15.5. The van der Waals surface area contributed by atoms with E-state index < -0.39 is 6.10 Å². The van der Waals surface area contributed by atoms with Crippen LogP contribution in [0.3, 0.4) is 0 Å². The average Bonchev–Trinajstić information content (AvgIpc) is 2.51. The van der Waals surface area contributed by atoms with Gasteiger partial charge < -0.3 is 20.1 Å². The Kier molecular flexibility index (Phi) is 6.45. The minimum Gasteiger partial charge on any atom is -0.491 e. The minimum absolute atomic E-state index is 0.163. The molecule has 0 saturated carbocycles. The molecule has 0 aromatic heterocycles. The lowest BCUT2D eigenvalue weighted by Crippen LogP contribution is -2.44. The van der Waals surface area contributed by atoms with E-state index in [9.17, 15) is 5.11 Å². The first-order valence-corrected chi connectivity index (χ1v) is 8.78. The number of hydrogen-bond acceptors (Lipinski definition) is 4. The second kappa shape index (κ2) is 8.13. The van der Waals surface area contributed by atoms with Crippen molar-refractivity contribution in [1.29, 1.82) is 0 Å². The Morgan fingerprint density at radius 1 is 1.17 bits per heavy atom. The molecule has 4 nitrogen and oxygen atoms in total. The molecule has 1 fully saturated rings. The van der Waals surface area contributed by atoms with Crippen LogP contribution in [-0.4, -0.2) is 48.8 Å². The van der Waals surface area contributed by atoms with Crippen LogP contribution in [0.25, 0.3) is 0 Å². The van der Waals surface area contributed by atoms with Gasteiger partial charge in [-0.25, -0.2) is 0 Å². The van der Waals surface area contributed by atoms with Gasteiger partial charge in [0.2, 0.25) is 0 Å². The monoisotopic (exact) mass is 320 g/mol. The first-order chi connectivity index (χ1) is 10.9. The number of aliphatic hydroxyl groups excluding tert-OH is 1. The Morgan fingerprint density at radius 2 is 1.83 bits per heavy atom. The second-order valence-corrected chi connectivity index (χ2v) is 6.92. The third-order valence-electron chi connectivity index (χ3n) is 4.73. The number of nitrogens with one attached hydrogen (secondary N) is 1. The van der Waals surface area contributed by atoms with E-state index in [0.29, 0.717) is 0 Å². The van der Waals surface area contributed by atoms with E-state index in [1.54, 1.807) is 0 Å². The zero-order chi connectivity index (χ0) is 17.0. The maximum absolute atomic E-state index is 10.7. The van der Waals surface area contributed by atoms with Crippen molar-refractivity contribution in [2.45, 2.75) is 53.2 Å². The molecule has 0 radical (unpaired) electrons. The maximum Gasteiger partial charge on any atom is 0.123 e. The first-order valence-electron chi connectivity index (χ1n) is 8.78. The van der Waals surface area contributed by atoms with Gasteiger partial charge in [0.15, 0.2) is 0 Å². The molecule has 2 rings (SSSR count). The van der Waals surface area contributed by atoms with Crippen LogP contribution in [0.4, 0.5) is 0 Å². The van der Waals surface area contributed by atoms with Gasteiger partial charge >= 0.3 is 0 Å². The Morgan fingerprint density at radius 3 is 2.43 bits per heavy atom. The summed E-state index contributed by atoms with van der Waals surface area (Å²) in [5.41, 5.74) is 4.50. The van der Waals surface area contributed by atoms with Crippen LogP contribution in [0.15, 0.2) is 6.07 Å². The zero-order valence-electron chi connectivity index (χ0n) is 15.3. The van der Waals surface area contributed by atoms with Crippen molar-refractivity contribution in [3.05, 3.63) is 28.3 Å². The number of benzene rings is 1. The summed E-state index contributed by atoms with van der Waals surface area (Å²) < 4.78 is 5.90. The molecule has 0 bridgehead atoms. The zero-order valence-corrected chi connectivity index (χ0v) is 15.3. The van der Waals surface area contributed by atoms with Crippen LogP contribution in [0.2, 0.25) is 0 Å². The quantitative estimate of drug-likeness (QED) is 0.846.